The van der Waals surface area contributed by atoms with Crippen molar-refractivity contribution < 1.29 is 9.53 Å². The Hall–Kier alpha value is -1.40. The Bertz CT molecular complexity index is 320. The summed E-state index contributed by atoms with van der Waals surface area (Å²) in [5.41, 5.74) is 0. The van der Waals surface area contributed by atoms with Crippen molar-refractivity contribution in [1.29, 1.82) is 0 Å². The minimum atomic E-state index is -0.0314. The molecule has 1 fully saturated rings. The smallest absolute Gasteiger partial charge is 0.241 e. The number of morpholine rings is 1. The molecule has 0 aromatic carbocycles. The topological polar surface area (TPSA) is 68.2 Å². The van der Waals surface area contributed by atoms with Crippen LogP contribution in [0.1, 0.15) is 0 Å². The van der Waals surface area contributed by atoms with Crippen LogP contribution in [-0.2, 0) is 16.1 Å². The van der Waals surface area contributed by atoms with Gasteiger partial charge >= 0.3 is 0 Å². The number of nitrogens with zero attached hydrogens (tertiary/aromatic N) is 2. The number of nitrogens with one attached hydrogen (secondary N) is 2. The second kappa shape index (κ2) is 5.62. The molecular formula is C10H16N4O2. The fourth-order valence-corrected chi connectivity index (χ4v) is 1.58. The highest BCUT2D eigenvalue weighted by Gasteiger charge is 2.13. The Balaban J connectivity index is 1.67. The molecule has 0 saturated carbocycles. The van der Waals surface area contributed by atoms with Crippen molar-refractivity contribution in [3.8, 4) is 0 Å². The van der Waals surface area contributed by atoms with Gasteiger partial charge in [-0.3, -0.25) is 9.48 Å². The average Bonchev–Trinajstić information content (AvgIpc) is 2.81. The first-order valence-corrected chi connectivity index (χ1v) is 5.40. The van der Waals surface area contributed by atoms with Gasteiger partial charge in [0.1, 0.15) is 6.54 Å². The third-order valence-corrected chi connectivity index (χ3v) is 2.41. The maximum Gasteiger partial charge on any atom is 0.241 e. The standard InChI is InChI=1S/C10H16N4O2/c15-10(7-14-4-1-2-13-14)12-6-9-8-16-5-3-11-9/h1-2,4,9,11H,3,5-8H2,(H,12,15). The van der Waals surface area contributed by atoms with E-state index in [0.717, 1.165) is 13.2 Å². The van der Waals surface area contributed by atoms with Gasteiger partial charge in [-0.2, -0.15) is 5.10 Å². The summed E-state index contributed by atoms with van der Waals surface area (Å²) in [7, 11) is 0. The van der Waals surface area contributed by atoms with Crippen LogP contribution in [0.5, 0.6) is 0 Å². The van der Waals surface area contributed by atoms with Gasteiger partial charge in [0.05, 0.1) is 13.2 Å². The van der Waals surface area contributed by atoms with Crippen LogP contribution in [0.2, 0.25) is 0 Å². The van der Waals surface area contributed by atoms with E-state index < -0.39 is 0 Å². The second-order valence-electron chi connectivity index (χ2n) is 3.73. The number of hydrogen-bond donors (Lipinski definition) is 2. The van der Waals surface area contributed by atoms with E-state index in [-0.39, 0.29) is 18.5 Å². The molecule has 0 bridgehead atoms. The van der Waals surface area contributed by atoms with E-state index in [1.807, 2.05) is 0 Å². The fourth-order valence-electron chi connectivity index (χ4n) is 1.58. The molecule has 1 aromatic heterocycles. The number of carbonyl (C=O) groups excluding carboxylic acids is 1. The van der Waals surface area contributed by atoms with Crippen LogP contribution in [-0.4, -0.2) is 48.0 Å². The van der Waals surface area contributed by atoms with Crippen LogP contribution in [0, 0.1) is 0 Å². The molecule has 2 heterocycles. The molecule has 1 amide bonds. The maximum absolute atomic E-state index is 11.5. The summed E-state index contributed by atoms with van der Waals surface area (Å²) in [5, 5.41) is 10.1. The van der Waals surface area contributed by atoms with Gasteiger partial charge in [0.2, 0.25) is 5.91 Å². The van der Waals surface area contributed by atoms with Gasteiger partial charge in [-0.1, -0.05) is 0 Å². The van der Waals surface area contributed by atoms with Crippen LogP contribution in [0.25, 0.3) is 0 Å². The first-order chi connectivity index (χ1) is 7.84. The van der Waals surface area contributed by atoms with Crippen molar-refractivity contribution in [1.82, 2.24) is 20.4 Å². The highest BCUT2D eigenvalue weighted by molar-refractivity contribution is 5.75. The van der Waals surface area contributed by atoms with Gasteiger partial charge in [-0.25, -0.2) is 0 Å². The zero-order chi connectivity index (χ0) is 11.2. The van der Waals surface area contributed by atoms with Gasteiger partial charge in [0.15, 0.2) is 0 Å². The van der Waals surface area contributed by atoms with E-state index >= 15 is 0 Å². The first kappa shape index (κ1) is 11.1. The minimum Gasteiger partial charge on any atom is -0.378 e. The molecule has 0 radical (unpaired) electrons. The van der Waals surface area contributed by atoms with E-state index in [1.165, 1.54) is 0 Å². The molecule has 2 rings (SSSR count). The van der Waals surface area contributed by atoms with Crippen LogP contribution in [0.15, 0.2) is 18.5 Å². The van der Waals surface area contributed by atoms with Crippen molar-refractivity contribution >= 4 is 5.91 Å². The summed E-state index contributed by atoms with van der Waals surface area (Å²) < 4.78 is 6.89. The van der Waals surface area contributed by atoms with Gasteiger partial charge < -0.3 is 15.4 Å². The molecule has 1 saturated heterocycles. The summed E-state index contributed by atoms with van der Waals surface area (Å²) >= 11 is 0. The molecule has 0 aliphatic carbocycles. The van der Waals surface area contributed by atoms with Crippen LogP contribution in [0.4, 0.5) is 0 Å². The number of carbonyl (C=O) groups is 1. The van der Waals surface area contributed by atoms with Crippen molar-refractivity contribution in [3.63, 3.8) is 0 Å². The molecule has 6 nitrogen and oxygen atoms in total. The summed E-state index contributed by atoms with van der Waals surface area (Å²) in [6, 6.07) is 2.01. The summed E-state index contributed by atoms with van der Waals surface area (Å²) in [5.74, 6) is -0.0314. The third-order valence-electron chi connectivity index (χ3n) is 2.41. The predicted molar refractivity (Wildman–Crippen MR) is 57.8 cm³/mol. The zero-order valence-electron chi connectivity index (χ0n) is 9.06. The number of amides is 1. The minimum absolute atomic E-state index is 0.0314. The van der Waals surface area contributed by atoms with E-state index in [9.17, 15) is 4.79 Å². The zero-order valence-corrected chi connectivity index (χ0v) is 9.06. The van der Waals surface area contributed by atoms with E-state index in [4.69, 9.17) is 4.74 Å². The number of aromatic nitrogens is 2. The SMILES string of the molecule is O=C(Cn1cccn1)NCC1COCCN1. The van der Waals surface area contributed by atoms with Gasteiger partial charge in [0.25, 0.3) is 0 Å². The summed E-state index contributed by atoms with van der Waals surface area (Å²) in [4.78, 5) is 11.5. The largest absolute Gasteiger partial charge is 0.378 e. The molecule has 1 aliphatic rings. The molecule has 1 atom stereocenters. The molecule has 1 aromatic rings. The van der Waals surface area contributed by atoms with E-state index in [0.29, 0.717) is 13.2 Å². The Morgan fingerprint density at radius 2 is 2.62 bits per heavy atom. The molecule has 1 aliphatic heterocycles. The molecule has 0 spiro atoms. The second-order valence-corrected chi connectivity index (χ2v) is 3.73. The molecule has 2 N–H and O–H groups in total. The molecular weight excluding hydrogens is 208 g/mol. The van der Waals surface area contributed by atoms with Crippen LogP contribution < -0.4 is 10.6 Å². The third kappa shape index (κ3) is 3.32. The van der Waals surface area contributed by atoms with Gasteiger partial charge in [0, 0.05) is 31.5 Å². The number of hydrogen-bond acceptors (Lipinski definition) is 4. The van der Waals surface area contributed by atoms with Gasteiger partial charge in [-0.15, -0.1) is 0 Å². The summed E-state index contributed by atoms with van der Waals surface area (Å²) in [6.45, 7) is 3.11. The Morgan fingerprint density at radius 3 is 3.31 bits per heavy atom. The Kier molecular flexibility index (Phi) is 3.90. The lowest BCUT2D eigenvalue weighted by Crippen LogP contribution is -2.48. The molecule has 16 heavy (non-hydrogen) atoms. The highest BCUT2D eigenvalue weighted by Crippen LogP contribution is 1.91. The van der Waals surface area contributed by atoms with E-state index in [2.05, 4.69) is 15.7 Å². The van der Waals surface area contributed by atoms with Crippen LogP contribution >= 0.6 is 0 Å². The lowest BCUT2D eigenvalue weighted by molar-refractivity contribution is -0.122. The molecule has 1 unspecified atom stereocenters. The van der Waals surface area contributed by atoms with Crippen molar-refractivity contribution in [2.24, 2.45) is 0 Å². The van der Waals surface area contributed by atoms with E-state index in [1.54, 1.807) is 23.1 Å². The number of ether oxygens (including phenoxy) is 1. The average molecular weight is 224 g/mol. The van der Waals surface area contributed by atoms with Crippen molar-refractivity contribution in [3.05, 3.63) is 18.5 Å². The Morgan fingerprint density at radius 1 is 1.69 bits per heavy atom. The monoisotopic (exact) mass is 224 g/mol. The highest BCUT2D eigenvalue weighted by atomic mass is 16.5. The number of rotatable bonds is 4. The predicted octanol–water partition coefficient (Wildman–Crippen LogP) is -1.01. The fraction of sp³-hybridized carbons (Fsp3) is 0.600. The van der Waals surface area contributed by atoms with Crippen LogP contribution in [0.3, 0.4) is 0 Å². The van der Waals surface area contributed by atoms with Crippen molar-refractivity contribution in [2.75, 3.05) is 26.3 Å². The van der Waals surface area contributed by atoms with Gasteiger partial charge in [-0.05, 0) is 6.07 Å². The normalized spacial score (nSPS) is 20.6. The molecule has 88 valence electrons. The lowest BCUT2D eigenvalue weighted by Gasteiger charge is -2.23. The van der Waals surface area contributed by atoms with Crippen molar-refractivity contribution in [2.45, 2.75) is 12.6 Å². The molecule has 6 heteroatoms. The lowest BCUT2D eigenvalue weighted by atomic mass is 10.3. The quantitative estimate of drug-likeness (QED) is 0.687. The summed E-state index contributed by atoms with van der Waals surface area (Å²) in [6.07, 6.45) is 3.42. The first-order valence-electron chi connectivity index (χ1n) is 5.40. The maximum atomic E-state index is 11.5. The Labute approximate surface area is 94.0 Å².